The van der Waals surface area contributed by atoms with E-state index < -0.39 is 6.09 Å². The zero-order valence-electron chi connectivity index (χ0n) is 12.3. The lowest BCUT2D eigenvalue weighted by atomic mass is 9.89. The largest absolute Gasteiger partial charge is 0.465 e. The summed E-state index contributed by atoms with van der Waals surface area (Å²) in [5.74, 6) is 0.600. The number of carbonyl (C=O) groups excluding carboxylic acids is 1. The molecular weight excluding hydrogens is 268 g/mol. The number of hydrogen-bond donors (Lipinski definition) is 2. The first-order valence-corrected chi connectivity index (χ1v) is 7.42. The smallest absolute Gasteiger partial charge is 0.409 e. The molecule has 0 bridgehead atoms. The quantitative estimate of drug-likeness (QED) is 0.892. The van der Waals surface area contributed by atoms with Crippen LogP contribution in [0, 0.1) is 5.92 Å². The van der Waals surface area contributed by atoms with Crippen LogP contribution in [0.3, 0.4) is 0 Å². The van der Waals surface area contributed by atoms with Crippen LogP contribution in [0.15, 0.2) is 24.3 Å². The highest BCUT2D eigenvalue weighted by Crippen LogP contribution is 2.24. The number of rotatable bonds is 4. The highest BCUT2D eigenvalue weighted by molar-refractivity contribution is 5.94. The van der Waals surface area contributed by atoms with Crippen LogP contribution in [0.5, 0.6) is 0 Å². The fraction of sp³-hybridized carbons (Fsp3) is 0.500. The molecule has 0 heterocycles. The molecule has 5 heteroatoms. The van der Waals surface area contributed by atoms with Gasteiger partial charge in [-0.2, -0.15) is 0 Å². The lowest BCUT2D eigenvalue weighted by Gasteiger charge is -2.27. The summed E-state index contributed by atoms with van der Waals surface area (Å²) in [6.45, 7) is 0.800. The van der Waals surface area contributed by atoms with Crippen LogP contribution >= 0.6 is 0 Å². The molecule has 1 saturated carbocycles. The van der Waals surface area contributed by atoms with Gasteiger partial charge in [0.15, 0.2) is 0 Å². The van der Waals surface area contributed by atoms with E-state index in [4.69, 9.17) is 5.11 Å². The Morgan fingerprint density at radius 1 is 1.19 bits per heavy atom. The van der Waals surface area contributed by atoms with Gasteiger partial charge in [-0.05, 0) is 43.0 Å². The molecule has 0 atom stereocenters. The highest BCUT2D eigenvalue weighted by Gasteiger charge is 2.19. The SMILES string of the molecule is CN(CC1CCCCC1)C(=O)c1ccc(NC(=O)O)cc1. The summed E-state index contributed by atoms with van der Waals surface area (Å²) in [4.78, 5) is 24.6. The van der Waals surface area contributed by atoms with E-state index in [9.17, 15) is 9.59 Å². The molecule has 1 aromatic carbocycles. The summed E-state index contributed by atoms with van der Waals surface area (Å²) in [7, 11) is 1.83. The third kappa shape index (κ3) is 4.48. The van der Waals surface area contributed by atoms with Gasteiger partial charge in [0.2, 0.25) is 0 Å². The van der Waals surface area contributed by atoms with Gasteiger partial charge in [-0.1, -0.05) is 19.3 Å². The van der Waals surface area contributed by atoms with E-state index in [2.05, 4.69) is 5.32 Å². The standard InChI is InChI=1S/C16H22N2O3/c1-18(11-12-5-3-2-4-6-12)15(19)13-7-9-14(10-8-13)17-16(20)21/h7-10,12,17H,2-6,11H2,1H3,(H,20,21). The van der Waals surface area contributed by atoms with E-state index >= 15 is 0 Å². The van der Waals surface area contributed by atoms with Crippen molar-refractivity contribution in [2.75, 3.05) is 18.9 Å². The number of amides is 2. The summed E-state index contributed by atoms with van der Waals surface area (Å²) in [5.41, 5.74) is 1.05. The normalized spacial score (nSPS) is 15.5. The van der Waals surface area contributed by atoms with Gasteiger partial charge in [-0.3, -0.25) is 10.1 Å². The maximum Gasteiger partial charge on any atom is 0.409 e. The number of carbonyl (C=O) groups is 2. The molecule has 1 aliphatic rings. The lowest BCUT2D eigenvalue weighted by Crippen LogP contribution is -2.32. The van der Waals surface area contributed by atoms with Gasteiger partial charge in [0.1, 0.15) is 0 Å². The first-order valence-electron chi connectivity index (χ1n) is 7.42. The predicted molar refractivity (Wildman–Crippen MR) is 81.6 cm³/mol. The minimum atomic E-state index is -1.11. The molecule has 2 amide bonds. The second-order valence-corrected chi connectivity index (χ2v) is 5.70. The van der Waals surface area contributed by atoms with E-state index in [1.54, 1.807) is 29.2 Å². The van der Waals surface area contributed by atoms with Gasteiger partial charge in [0.05, 0.1) is 0 Å². The third-order valence-corrected chi connectivity index (χ3v) is 3.99. The van der Waals surface area contributed by atoms with Gasteiger partial charge < -0.3 is 10.0 Å². The van der Waals surface area contributed by atoms with Crippen LogP contribution in [0.1, 0.15) is 42.5 Å². The fourth-order valence-electron chi connectivity index (χ4n) is 2.88. The summed E-state index contributed by atoms with van der Waals surface area (Å²) >= 11 is 0. The molecule has 0 spiro atoms. The number of hydrogen-bond acceptors (Lipinski definition) is 2. The zero-order valence-corrected chi connectivity index (χ0v) is 12.3. The molecule has 1 fully saturated rings. The highest BCUT2D eigenvalue weighted by atomic mass is 16.4. The van der Waals surface area contributed by atoms with Crippen molar-refractivity contribution in [3.63, 3.8) is 0 Å². The Bertz CT molecular complexity index is 493. The summed E-state index contributed by atoms with van der Waals surface area (Å²) in [6.07, 6.45) is 5.15. The number of anilines is 1. The Hall–Kier alpha value is -2.04. The van der Waals surface area contributed by atoms with Crippen LogP contribution in [-0.4, -0.2) is 35.6 Å². The van der Waals surface area contributed by atoms with Crippen LogP contribution < -0.4 is 5.32 Å². The molecular formula is C16H22N2O3. The minimum absolute atomic E-state index is 0.0116. The molecule has 1 aliphatic carbocycles. The van der Waals surface area contributed by atoms with Crippen molar-refractivity contribution in [3.8, 4) is 0 Å². The molecule has 114 valence electrons. The monoisotopic (exact) mass is 290 g/mol. The van der Waals surface area contributed by atoms with Crippen molar-refractivity contribution in [3.05, 3.63) is 29.8 Å². The molecule has 2 rings (SSSR count). The Morgan fingerprint density at radius 2 is 1.81 bits per heavy atom. The number of carboxylic acid groups (broad SMARTS) is 1. The second-order valence-electron chi connectivity index (χ2n) is 5.70. The Balaban J connectivity index is 1.93. The van der Waals surface area contributed by atoms with Gasteiger partial charge in [-0.15, -0.1) is 0 Å². The molecule has 2 N–H and O–H groups in total. The maximum absolute atomic E-state index is 12.3. The van der Waals surface area contributed by atoms with Crippen LogP contribution in [0.4, 0.5) is 10.5 Å². The molecule has 0 aromatic heterocycles. The van der Waals surface area contributed by atoms with E-state index in [-0.39, 0.29) is 5.91 Å². The number of nitrogens with zero attached hydrogens (tertiary/aromatic N) is 1. The maximum atomic E-state index is 12.3. The minimum Gasteiger partial charge on any atom is -0.465 e. The fourth-order valence-corrected chi connectivity index (χ4v) is 2.88. The topological polar surface area (TPSA) is 69.6 Å². The second kappa shape index (κ2) is 7.11. The average Bonchev–Trinajstić information content (AvgIpc) is 2.47. The molecule has 5 nitrogen and oxygen atoms in total. The summed E-state index contributed by atoms with van der Waals surface area (Å²) in [5, 5.41) is 10.9. The van der Waals surface area contributed by atoms with Crippen molar-refractivity contribution in [2.24, 2.45) is 5.92 Å². The van der Waals surface area contributed by atoms with Gasteiger partial charge >= 0.3 is 6.09 Å². The Morgan fingerprint density at radius 3 is 2.38 bits per heavy atom. The number of nitrogens with one attached hydrogen (secondary N) is 1. The summed E-state index contributed by atoms with van der Waals surface area (Å²) < 4.78 is 0. The Kier molecular flexibility index (Phi) is 5.20. The lowest BCUT2D eigenvalue weighted by molar-refractivity contribution is 0.0760. The zero-order chi connectivity index (χ0) is 15.2. The molecule has 0 aliphatic heterocycles. The van der Waals surface area contributed by atoms with Gasteiger partial charge in [0, 0.05) is 24.8 Å². The molecule has 0 radical (unpaired) electrons. The van der Waals surface area contributed by atoms with Crippen molar-refractivity contribution in [2.45, 2.75) is 32.1 Å². The predicted octanol–water partition coefficient (Wildman–Crippen LogP) is 3.43. The first-order chi connectivity index (χ1) is 10.1. The summed E-state index contributed by atoms with van der Waals surface area (Å²) in [6, 6.07) is 6.53. The number of benzene rings is 1. The molecule has 0 unspecified atom stereocenters. The molecule has 1 aromatic rings. The van der Waals surface area contributed by atoms with Crippen molar-refractivity contribution in [1.29, 1.82) is 0 Å². The first kappa shape index (κ1) is 15.4. The van der Waals surface area contributed by atoms with Gasteiger partial charge in [-0.25, -0.2) is 4.79 Å². The van der Waals surface area contributed by atoms with Crippen LogP contribution in [0.2, 0.25) is 0 Å². The van der Waals surface area contributed by atoms with E-state index in [0.29, 0.717) is 17.2 Å². The van der Waals surface area contributed by atoms with E-state index in [1.807, 2.05) is 7.05 Å². The Labute approximate surface area is 125 Å². The van der Waals surface area contributed by atoms with Crippen molar-refractivity contribution in [1.82, 2.24) is 4.90 Å². The van der Waals surface area contributed by atoms with Crippen LogP contribution in [0.25, 0.3) is 0 Å². The van der Waals surface area contributed by atoms with Crippen molar-refractivity contribution >= 4 is 17.7 Å². The van der Waals surface area contributed by atoms with Crippen molar-refractivity contribution < 1.29 is 14.7 Å². The average molecular weight is 290 g/mol. The van der Waals surface area contributed by atoms with Crippen LogP contribution in [-0.2, 0) is 0 Å². The molecule has 0 saturated heterocycles. The van der Waals surface area contributed by atoms with E-state index in [0.717, 1.165) is 6.54 Å². The molecule has 21 heavy (non-hydrogen) atoms. The van der Waals surface area contributed by atoms with E-state index in [1.165, 1.54) is 32.1 Å². The van der Waals surface area contributed by atoms with Gasteiger partial charge in [0.25, 0.3) is 5.91 Å². The third-order valence-electron chi connectivity index (χ3n) is 3.99.